The van der Waals surface area contributed by atoms with E-state index in [1.54, 1.807) is 7.11 Å². The van der Waals surface area contributed by atoms with Crippen LogP contribution in [0, 0.1) is 5.41 Å². The molecule has 1 unspecified atom stereocenters. The van der Waals surface area contributed by atoms with Gasteiger partial charge in [-0.15, -0.1) is 0 Å². The zero-order chi connectivity index (χ0) is 13.1. The first-order valence-electron chi connectivity index (χ1n) is 5.90. The van der Waals surface area contributed by atoms with Crippen LogP contribution in [0.1, 0.15) is 32.8 Å². The molecule has 0 spiro atoms. The molecule has 1 atom stereocenters. The van der Waals surface area contributed by atoms with Crippen molar-refractivity contribution in [2.24, 2.45) is 11.1 Å². The molecule has 0 bridgehead atoms. The van der Waals surface area contributed by atoms with E-state index >= 15 is 0 Å². The van der Waals surface area contributed by atoms with E-state index in [0.29, 0.717) is 0 Å². The van der Waals surface area contributed by atoms with Gasteiger partial charge in [0.25, 0.3) is 0 Å². The van der Waals surface area contributed by atoms with Crippen LogP contribution < -0.4 is 10.5 Å². The minimum absolute atomic E-state index is 0.204. The van der Waals surface area contributed by atoms with E-state index in [-0.39, 0.29) is 11.5 Å². The first kappa shape index (κ1) is 14.5. The molecule has 2 nitrogen and oxygen atoms in total. The summed E-state index contributed by atoms with van der Waals surface area (Å²) in [5.41, 5.74) is 7.69. The highest BCUT2D eigenvalue weighted by Crippen LogP contribution is 2.27. The number of rotatable bonds is 4. The minimum atomic E-state index is 0.204. The molecular weight excluding hydrogens is 278 g/mol. The summed E-state index contributed by atoms with van der Waals surface area (Å²) < 4.78 is 6.19. The van der Waals surface area contributed by atoms with Gasteiger partial charge in [-0.1, -0.05) is 26.8 Å². The van der Waals surface area contributed by atoms with Crippen LogP contribution in [-0.4, -0.2) is 13.2 Å². The Labute approximate surface area is 113 Å². The van der Waals surface area contributed by atoms with Gasteiger partial charge >= 0.3 is 0 Å². The lowest BCUT2D eigenvalue weighted by atomic mass is 9.86. The summed E-state index contributed by atoms with van der Waals surface area (Å²) in [6.45, 7) is 6.66. The number of methoxy groups -OCH3 is 1. The van der Waals surface area contributed by atoms with Crippen LogP contribution in [0.25, 0.3) is 0 Å². The standard InChI is InChI=1S/C14H22BrNO/c1-14(2,3)9-11(16)7-10-5-6-13(17-4)12(15)8-10/h5-6,8,11H,7,9,16H2,1-4H3. The van der Waals surface area contributed by atoms with Crippen LogP contribution in [0.5, 0.6) is 5.75 Å². The predicted molar refractivity (Wildman–Crippen MR) is 76.4 cm³/mol. The lowest BCUT2D eigenvalue weighted by Crippen LogP contribution is -2.28. The fourth-order valence-corrected chi connectivity index (χ4v) is 2.59. The lowest BCUT2D eigenvalue weighted by molar-refractivity contribution is 0.338. The number of nitrogens with two attached hydrogens (primary N) is 1. The molecule has 1 aromatic carbocycles. The summed E-state index contributed by atoms with van der Waals surface area (Å²) in [5, 5.41) is 0. The third-order valence-electron chi connectivity index (χ3n) is 2.59. The molecule has 0 radical (unpaired) electrons. The van der Waals surface area contributed by atoms with Gasteiger partial charge in [0.2, 0.25) is 0 Å². The Morgan fingerprint density at radius 3 is 2.47 bits per heavy atom. The summed E-state index contributed by atoms with van der Waals surface area (Å²) in [6.07, 6.45) is 1.93. The van der Waals surface area contributed by atoms with E-state index in [2.05, 4.69) is 48.8 Å². The smallest absolute Gasteiger partial charge is 0.133 e. The highest BCUT2D eigenvalue weighted by atomic mass is 79.9. The molecule has 0 aliphatic heterocycles. The van der Waals surface area contributed by atoms with Gasteiger partial charge in [0, 0.05) is 6.04 Å². The van der Waals surface area contributed by atoms with E-state index in [4.69, 9.17) is 10.5 Å². The number of hydrogen-bond donors (Lipinski definition) is 1. The fraction of sp³-hybridized carbons (Fsp3) is 0.571. The van der Waals surface area contributed by atoms with Crippen molar-refractivity contribution >= 4 is 15.9 Å². The normalized spacial score (nSPS) is 13.5. The molecule has 0 aromatic heterocycles. The third kappa shape index (κ3) is 5.09. The molecule has 0 aliphatic carbocycles. The van der Waals surface area contributed by atoms with Gasteiger partial charge in [-0.05, 0) is 51.9 Å². The van der Waals surface area contributed by atoms with E-state index in [9.17, 15) is 0 Å². The number of benzene rings is 1. The monoisotopic (exact) mass is 299 g/mol. The Bertz CT molecular complexity index is 371. The molecular formula is C14H22BrNO. The second kappa shape index (κ2) is 5.87. The molecule has 1 aromatic rings. The summed E-state index contributed by atoms with van der Waals surface area (Å²) in [5.74, 6) is 0.859. The quantitative estimate of drug-likeness (QED) is 0.919. The summed E-state index contributed by atoms with van der Waals surface area (Å²) in [4.78, 5) is 0. The molecule has 0 amide bonds. The second-order valence-corrected chi connectivity index (χ2v) is 6.55. The molecule has 0 heterocycles. The largest absolute Gasteiger partial charge is 0.496 e. The van der Waals surface area contributed by atoms with E-state index in [1.165, 1.54) is 5.56 Å². The average Bonchev–Trinajstić information content (AvgIpc) is 2.14. The van der Waals surface area contributed by atoms with Crippen LogP contribution in [0.2, 0.25) is 0 Å². The van der Waals surface area contributed by atoms with Gasteiger partial charge < -0.3 is 10.5 Å². The molecule has 2 N–H and O–H groups in total. The Morgan fingerprint density at radius 1 is 1.35 bits per heavy atom. The zero-order valence-corrected chi connectivity index (χ0v) is 12.7. The molecule has 0 saturated heterocycles. The number of ether oxygens (including phenoxy) is 1. The number of hydrogen-bond acceptors (Lipinski definition) is 2. The van der Waals surface area contributed by atoms with Gasteiger partial charge in [-0.2, -0.15) is 0 Å². The highest BCUT2D eigenvalue weighted by Gasteiger charge is 2.16. The van der Waals surface area contributed by atoms with Crippen molar-refractivity contribution < 1.29 is 4.74 Å². The predicted octanol–water partition coefficient (Wildman–Crippen LogP) is 3.76. The van der Waals surface area contributed by atoms with Crippen LogP contribution >= 0.6 is 15.9 Å². The van der Waals surface area contributed by atoms with Crippen molar-refractivity contribution in [3.05, 3.63) is 28.2 Å². The first-order valence-corrected chi connectivity index (χ1v) is 6.69. The lowest BCUT2D eigenvalue weighted by Gasteiger charge is -2.23. The highest BCUT2D eigenvalue weighted by molar-refractivity contribution is 9.10. The topological polar surface area (TPSA) is 35.2 Å². The van der Waals surface area contributed by atoms with Crippen LogP contribution in [0.15, 0.2) is 22.7 Å². The Balaban J connectivity index is 2.66. The van der Waals surface area contributed by atoms with E-state index in [0.717, 1.165) is 23.1 Å². The summed E-state index contributed by atoms with van der Waals surface area (Å²) in [6, 6.07) is 6.34. The van der Waals surface area contributed by atoms with Gasteiger partial charge in [-0.25, -0.2) is 0 Å². The van der Waals surface area contributed by atoms with Gasteiger partial charge in [0.1, 0.15) is 5.75 Å². The SMILES string of the molecule is COc1ccc(CC(N)CC(C)(C)C)cc1Br. The first-order chi connectivity index (χ1) is 7.81. The van der Waals surface area contributed by atoms with Crippen molar-refractivity contribution in [2.75, 3.05) is 7.11 Å². The minimum Gasteiger partial charge on any atom is -0.496 e. The van der Waals surface area contributed by atoms with Crippen molar-refractivity contribution in [1.29, 1.82) is 0 Å². The van der Waals surface area contributed by atoms with E-state index in [1.807, 2.05) is 6.07 Å². The van der Waals surface area contributed by atoms with Gasteiger partial charge in [0.05, 0.1) is 11.6 Å². The second-order valence-electron chi connectivity index (χ2n) is 5.70. The zero-order valence-electron chi connectivity index (χ0n) is 11.1. The Kier molecular flexibility index (Phi) is 5.02. The molecule has 0 fully saturated rings. The maximum atomic E-state index is 6.17. The van der Waals surface area contributed by atoms with Crippen molar-refractivity contribution in [3.63, 3.8) is 0 Å². The molecule has 1 rings (SSSR count). The maximum Gasteiger partial charge on any atom is 0.133 e. The van der Waals surface area contributed by atoms with Crippen LogP contribution in [-0.2, 0) is 6.42 Å². The van der Waals surface area contributed by atoms with Crippen molar-refractivity contribution in [1.82, 2.24) is 0 Å². The summed E-state index contributed by atoms with van der Waals surface area (Å²) >= 11 is 3.49. The van der Waals surface area contributed by atoms with Gasteiger partial charge in [0.15, 0.2) is 0 Å². The Morgan fingerprint density at radius 2 is 2.00 bits per heavy atom. The third-order valence-corrected chi connectivity index (χ3v) is 3.21. The molecule has 96 valence electrons. The molecule has 0 aliphatic rings. The van der Waals surface area contributed by atoms with Crippen LogP contribution in [0.4, 0.5) is 0 Å². The molecule has 17 heavy (non-hydrogen) atoms. The average molecular weight is 300 g/mol. The molecule has 3 heteroatoms. The Hall–Kier alpha value is -0.540. The van der Waals surface area contributed by atoms with Crippen LogP contribution in [0.3, 0.4) is 0 Å². The van der Waals surface area contributed by atoms with E-state index < -0.39 is 0 Å². The summed E-state index contributed by atoms with van der Waals surface area (Å²) in [7, 11) is 1.67. The number of halogens is 1. The fourth-order valence-electron chi connectivity index (χ4n) is 2.00. The van der Waals surface area contributed by atoms with Gasteiger partial charge in [-0.3, -0.25) is 0 Å². The maximum absolute atomic E-state index is 6.17. The van der Waals surface area contributed by atoms with Crippen molar-refractivity contribution in [3.8, 4) is 5.75 Å². The van der Waals surface area contributed by atoms with Crippen molar-refractivity contribution in [2.45, 2.75) is 39.7 Å². The molecule has 0 saturated carbocycles.